The molecule has 1 fully saturated rings. The number of hydrogen-bond donors (Lipinski definition) is 1. The summed E-state index contributed by atoms with van der Waals surface area (Å²) in [6.07, 6.45) is 2.82. The van der Waals surface area contributed by atoms with Gasteiger partial charge in [-0.05, 0) is 37.2 Å². The number of piperazine rings is 1. The molecule has 1 heterocycles. The van der Waals surface area contributed by atoms with E-state index in [1.807, 2.05) is 12.1 Å². The number of rotatable bonds is 3. The van der Waals surface area contributed by atoms with Crippen molar-refractivity contribution in [3.63, 3.8) is 0 Å². The largest absolute Gasteiger partial charge is 0.399 e. The third-order valence-electron chi connectivity index (χ3n) is 3.31. The number of benzene rings is 1. The van der Waals surface area contributed by atoms with Crippen molar-refractivity contribution in [2.75, 3.05) is 43.9 Å². The average molecular weight is 231 g/mol. The van der Waals surface area contributed by atoms with Crippen molar-refractivity contribution >= 4 is 11.4 Å². The lowest BCUT2D eigenvalue weighted by Gasteiger charge is -2.35. The van der Waals surface area contributed by atoms with Crippen molar-refractivity contribution in [1.29, 1.82) is 0 Å². The zero-order valence-corrected chi connectivity index (χ0v) is 10.5. The van der Waals surface area contributed by atoms with Crippen molar-refractivity contribution in [1.82, 2.24) is 4.90 Å². The molecule has 1 aliphatic rings. The van der Waals surface area contributed by atoms with Crippen molar-refractivity contribution in [3.05, 3.63) is 36.4 Å². The molecule has 2 N–H and O–H groups in total. The lowest BCUT2D eigenvalue weighted by molar-refractivity contribution is 0.312. The highest BCUT2D eigenvalue weighted by atomic mass is 15.2. The van der Waals surface area contributed by atoms with Gasteiger partial charge in [-0.1, -0.05) is 6.08 Å². The van der Waals surface area contributed by atoms with Gasteiger partial charge in [0.25, 0.3) is 0 Å². The Hall–Kier alpha value is -1.48. The molecule has 0 saturated carbocycles. The normalized spacial score (nSPS) is 17.1. The van der Waals surface area contributed by atoms with Gasteiger partial charge in [-0.3, -0.25) is 0 Å². The Kier molecular flexibility index (Phi) is 3.69. The highest BCUT2D eigenvalue weighted by molar-refractivity contribution is 5.60. The Bertz CT molecular complexity index is 392. The summed E-state index contributed by atoms with van der Waals surface area (Å²) in [6.45, 7) is 8.24. The van der Waals surface area contributed by atoms with Crippen molar-refractivity contribution in [3.8, 4) is 0 Å². The van der Waals surface area contributed by atoms with Crippen LogP contribution in [0.1, 0.15) is 5.56 Å². The van der Waals surface area contributed by atoms with Crippen LogP contribution in [0.3, 0.4) is 0 Å². The Labute approximate surface area is 104 Å². The van der Waals surface area contributed by atoms with E-state index >= 15 is 0 Å². The molecular weight excluding hydrogens is 210 g/mol. The van der Waals surface area contributed by atoms with E-state index in [0.717, 1.165) is 38.3 Å². The summed E-state index contributed by atoms with van der Waals surface area (Å²) in [7, 11) is 2.17. The van der Waals surface area contributed by atoms with Gasteiger partial charge in [0.05, 0.1) is 0 Å². The molecule has 3 heteroatoms. The summed E-state index contributed by atoms with van der Waals surface area (Å²) < 4.78 is 0. The van der Waals surface area contributed by atoms with Crippen molar-refractivity contribution < 1.29 is 0 Å². The number of anilines is 2. The van der Waals surface area contributed by atoms with Crippen molar-refractivity contribution in [2.24, 2.45) is 0 Å². The molecule has 2 rings (SSSR count). The molecule has 1 aromatic carbocycles. The quantitative estimate of drug-likeness (QED) is 0.635. The number of hydrogen-bond acceptors (Lipinski definition) is 3. The molecule has 0 radical (unpaired) electrons. The second-order valence-electron chi connectivity index (χ2n) is 4.67. The molecule has 0 atom stereocenters. The average Bonchev–Trinajstić information content (AvgIpc) is 2.31. The zero-order valence-electron chi connectivity index (χ0n) is 10.5. The minimum Gasteiger partial charge on any atom is -0.399 e. The van der Waals surface area contributed by atoms with Crippen LogP contribution in [0.5, 0.6) is 0 Å². The topological polar surface area (TPSA) is 32.5 Å². The third-order valence-corrected chi connectivity index (χ3v) is 3.31. The Balaban J connectivity index is 2.21. The number of nitrogens with two attached hydrogens (primary N) is 1. The first-order valence-electron chi connectivity index (χ1n) is 6.13. The van der Waals surface area contributed by atoms with Gasteiger partial charge >= 0.3 is 0 Å². The summed E-state index contributed by atoms with van der Waals surface area (Å²) in [5.74, 6) is 0. The van der Waals surface area contributed by atoms with Crippen LogP contribution in [0.15, 0.2) is 30.9 Å². The number of nitrogen functional groups attached to an aromatic ring is 1. The van der Waals surface area contributed by atoms with Crippen LogP contribution in [-0.4, -0.2) is 38.1 Å². The SMILES string of the molecule is C=CCc1cc(N)ccc1N1CCN(C)CC1. The highest BCUT2D eigenvalue weighted by Crippen LogP contribution is 2.24. The second kappa shape index (κ2) is 5.23. The number of allylic oxidation sites excluding steroid dienone is 1. The lowest BCUT2D eigenvalue weighted by Crippen LogP contribution is -2.44. The summed E-state index contributed by atoms with van der Waals surface area (Å²) >= 11 is 0. The summed E-state index contributed by atoms with van der Waals surface area (Å²) in [5.41, 5.74) is 9.28. The van der Waals surface area contributed by atoms with E-state index in [-0.39, 0.29) is 0 Å². The maximum Gasteiger partial charge on any atom is 0.0404 e. The maximum atomic E-state index is 5.85. The van der Waals surface area contributed by atoms with Crippen LogP contribution < -0.4 is 10.6 Å². The number of likely N-dealkylation sites (N-methyl/N-ethyl adjacent to an activating group) is 1. The minimum absolute atomic E-state index is 0.833. The van der Waals surface area contributed by atoms with Gasteiger partial charge in [-0.2, -0.15) is 0 Å². The zero-order chi connectivity index (χ0) is 12.3. The Morgan fingerprint density at radius 3 is 2.65 bits per heavy atom. The number of nitrogens with zero attached hydrogens (tertiary/aromatic N) is 2. The van der Waals surface area contributed by atoms with Gasteiger partial charge in [0.15, 0.2) is 0 Å². The lowest BCUT2D eigenvalue weighted by atomic mass is 10.1. The fourth-order valence-corrected chi connectivity index (χ4v) is 2.28. The fraction of sp³-hybridized carbons (Fsp3) is 0.429. The van der Waals surface area contributed by atoms with E-state index < -0.39 is 0 Å². The van der Waals surface area contributed by atoms with Gasteiger partial charge < -0.3 is 15.5 Å². The highest BCUT2D eigenvalue weighted by Gasteiger charge is 2.16. The minimum atomic E-state index is 0.833. The molecule has 1 aliphatic heterocycles. The molecule has 0 aliphatic carbocycles. The van der Waals surface area contributed by atoms with Crippen molar-refractivity contribution in [2.45, 2.75) is 6.42 Å². The van der Waals surface area contributed by atoms with Crippen LogP contribution in [-0.2, 0) is 6.42 Å². The van der Waals surface area contributed by atoms with Crippen LogP contribution in [0.25, 0.3) is 0 Å². The van der Waals surface area contributed by atoms with Crippen LogP contribution >= 0.6 is 0 Å². The van der Waals surface area contributed by atoms with Gasteiger partial charge in [0, 0.05) is 37.6 Å². The third kappa shape index (κ3) is 2.80. The first-order valence-corrected chi connectivity index (χ1v) is 6.13. The Morgan fingerprint density at radius 1 is 1.29 bits per heavy atom. The summed E-state index contributed by atoms with van der Waals surface area (Å²) in [5, 5.41) is 0. The van der Waals surface area contributed by atoms with E-state index in [1.54, 1.807) is 0 Å². The van der Waals surface area contributed by atoms with Crippen LogP contribution in [0, 0.1) is 0 Å². The molecule has 1 saturated heterocycles. The maximum absolute atomic E-state index is 5.85. The van der Waals surface area contributed by atoms with E-state index in [9.17, 15) is 0 Å². The second-order valence-corrected chi connectivity index (χ2v) is 4.67. The fourth-order valence-electron chi connectivity index (χ4n) is 2.28. The van der Waals surface area contributed by atoms with Gasteiger partial charge in [0.2, 0.25) is 0 Å². The molecule has 1 aromatic rings. The first-order chi connectivity index (χ1) is 8.20. The summed E-state index contributed by atoms with van der Waals surface area (Å²) in [6, 6.07) is 6.19. The van der Waals surface area contributed by atoms with E-state index in [0.29, 0.717) is 0 Å². The molecule has 0 spiro atoms. The van der Waals surface area contributed by atoms with Gasteiger partial charge in [-0.25, -0.2) is 0 Å². The molecule has 92 valence electrons. The smallest absolute Gasteiger partial charge is 0.0404 e. The Morgan fingerprint density at radius 2 is 2.00 bits per heavy atom. The summed E-state index contributed by atoms with van der Waals surface area (Å²) in [4.78, 5) is 4.80. The van der Waals surface area contributed by atoms with Gasteiger partial charge in [0.1, 0.15) is 0 Å². The molecule has 0 aromatic heterocycles. The van der Waals surface area contributed by atoms with Crippen LogP contribution in [0.4, 0.5) is 11.4 Å². The van der Waals surface area contributed by atoms with Gasteiger partial charge in [-0.15, -0.1) is 6.58 Å². The predicted molar refractivity (Wildman–Crippen MR) is 74.5 cm³/mol. The molecule has 17 heavy (non-hydrogen) atoms. The van der Waals surface area contributed by atoms with E-state index in [1.165, 1.54) is 11.3 Å². The molecule has 0 bridgehead atoms. The van der Waals surface area contributed by atoms with E-state index in [2.05, 4.69) is 35.6 Å². The van der Waals surface area contributed by atoms with Crippen LogP contribution in [0.2, 0.25) is 0 Å². The molecule has 0 unspecified atom stereocenters. The molecule has 3 nitrogen and oxygen atoms in total. The standard InChI is InChI=1S/C14H21N3/c1-3-4-12-11-13(15)5-6-14(12)17-9-7-16(2)8-10-17/h3,5-6,11H,1,4,7-10,15H2,2H3. The first kappa shape index (κ1) is 12.0. The monoisotopic (exact) mass is 231 g/mol. The molecular formula is C14H21N3. The molecule has 0 amide bonds. The van der Waals surface area contributed by atoms with E-state index in [4.69, 9.17) is 5.73 Å². The predicted octanol–water partition coefficient (Wildman–Crippen LogP) is 1.75.